The number of carbonyl (C=O) groups excluding carboxylic acids is 1. The molecule has 1 heterocycles. The van der Waals surface area contributed by atoms with Crippen molar-refractivity contribution in [1.29, 1.82) is 0 Å². The lowest BCUT2D eigenvalue weighted by atomic mass is 10.2. The first-order chi connectivity index (χ1) is 13.9. The van der Waals surface area contributed by atoms with Crippen LogP contribution in [0, 0.1) is 0 Å². The number of urea groups is 1. The third-order valence-electron chi connectivity index (χ3n) is 4.61. The number of rotatable bonds is 7. The van der Waals surface area contributed by atoms with Gasteiger partial charge in [-0.2, -0.15) is 0 Å². The van der Waals surface area contributed by atoms with E-state index in [-0.39, 0.29) is 17.0 Å². The zero-order valence-electron chi connectivity index (χ0n) is 16.4. The number of para-hydroxylation sites is 2. The van der Waals surface area contributed by atoms with Crippen molar-refractivity contribution >= 4 is 16.1 Å². The quantitative estimate of drug-likeness (QED) is 0.715. The average molecular weight is 420 g/mol. The summed E-state index contributed by atoms with van der Waals surface area (Å²) in [5, 5.41) is 2.86. The van der Waals surface area contributed by atoms with E-state index in [1.54, 1.807) is 17.0 Å². The van der Waals surface area contributed by atoms with Crippen LogP contribution in [0.4, 0.5) is 4.79 Å². The van der Waals surface area contributed by atoms with Gasteiger partial charge in [0.1, 0.15) is 6.61 Å². The molecule has 9 heteroatoms. The Labute approximate surface area is 170 Å². The van der Waals surface area contributed by atoms with Crippen LogP contribution in [0.15, 0.2) is 53.4 Å². The third-order valence-corrected chi connectivity index (χ3v) is 6.04. The summed E-state index contributed by atoms with van der Waals surface area (Å²) in [6.45, 7) is 3.49. The second kappa shape index (κ2) is 9.15. The van der Waals surface area contributed by atoms with Crippen LogP contribution in [0.25, 0.3) is 0 Å². The highest BCUT2D eigenvalue weighted by Crippen LogP contribution is 2.31. The fourth-order valence-electron chi connectivity index (χ4n) is 2.95. The molecule has 0 fully saturated rings. The molecule has 0 radical (unpaired) electrons. The van der Waals surface area contributed by atoms with Crippen LogP contribution in [-0.4, -0.2) is 52.2 Å². The van der Waals surface area contributed by atoms with Gasteiger partial charge in [-0.15, -0.1) is 0 Å². The van der Waals surface area contributed by atoms with Crippen LogP contribution >= 0.6 is 0 Å². The molecule has 1 aliphatic heterocycles. The Morgan fingerprint density at radius 2 is 1.83 bits per heavy atom. The third kappa shape index (κ3) is 5.18. The van der Waals surface area contributed by atoms with E-state index in [1.807, 2.05) is 31.2 Å². The molecule has 1 atom stereocenters. The topological polar surface area (TPSA) is 97.0 Å². The SMILES string of the molecule is CCN(C[C@@H]1COc2ccccc2O1)C(=O)NCc1ccc(S(=O)(=O)NC)cc1. The highest BCUT2D eigenvalue weighted by molar-refractivity contribution is 7.89. The van der Waals surface area contributed by atoms with Crippen molar-refractivity contribution in [2.24, 2.45) is 0 Å². The molecule has 156 valence electrons. The van der Waals surface area contributed by atoms with E-state index in [4.69, 9.17) is 9.47 Å². The first kappa shape index (κ1) is 20.9. The number of hydrogen-bond acceptors (Lipinski definition) is 5. The van der Waals surface area contributed by atoms with E-state index in [0.29, 0.717) is 37.7 Å². The van der Waals surface area contributed by atoms with Gasteiger partial charge in [-0.25, -0.2) is 17.9 Å². The van der Waals surface area contributed by atoms with Crippen molar-refractivity contribution in [3.63, 3.8) is 0 Å². The molecule has 2 N–H and O–H groups in total. The summed E-state index contributed by atoms with van der Waals surface area (Å²) in [6.07, 6.45) is -0.248. The Hall–Kier alpha value is -2.78. The van der Waals surface area contributed by atoms with E-state index in [1.165, 1.54) is 19.2 Å². The smallest absolute Gasteiger partial charge is 0.317 e. The number of nitrogens with zero attached hydrogens (tertiary/aromatic N) is 1. The van der Waals surface area contributed by atoms with E-state index in [0.717, 1.165) is 5.56 Å². The van der Waals surface area contributed by atoms with E-state index in [9.17, 15) is 13.2 Å². The lowest BCUT2D eigenvalue weighted by Gasteiger charge is -2.31. The number of fused-ring (bicyclic) bond motifs is 1. The summed E-state index contributed by atoms with van der Waals surface area (Å²) in [4.78, 5) is 14.4. The molecule has 2 amide bonds. The maximum absolute atomic E-state index is 12.6. The van der Waals surface area contributed by atoms with Crippen LogP contribution in [0.1, 0.15) is 12.5 Å². The predicted molar refractivity (Wildman–Crippen MR) is 109 cm³/mol. The zero-order chi connectivity index (χ0) is 20.9. The number of benzene rings is 2. The number of ether oxygens (including phenoxy) is 2. The van der Waals surface area contributed by atoms with Gasteiger partial charge < -0.3 is 19.7 Å². The standard InChI is InChI=1S/C20H25N3O5S/c1-3-23(13-16-14-27-18-6-4-5-7-19(18)28-16)20(24)22-12-15-8-10-17(11-9-15)29(25,26)21-2/h4-11,16,21H,3,12-14H2,1-2H3,(H,22,24)/t16-/m1/s1. The maximum atomic E-state index is 12.6. The minimum Gasteiger partial charge on any atom is -0.486 e. The second-order valence-corrected chi connectivity index (χ2v) is 8.43. The molecule has 2 aromatic carbocycles. The Morgan fingerprint density at radius 3 is 2.48 bits per heavy atom. The number of carbonyl (C=O) groups is 1. The molecule has 0 aliphatic carbocycles. The Kier molecular flexibility index (Phi) is 6.60. The summed E-state index contributed by atoms with van der Waals surface area (Å²) in [5.41, 5.74) is 0.802. The molecule has 29 heavy (non-hydrogen) atoms. The number of nitrogens with one attached hydrogen (secondary N) is 2. The molecule has 0 spiro atoms. The summed E-state index contributed by atoms with van der Waals surface area (Å²) < 4.78 is 37.4. The van der Waals surface area contributed by atoms with Crippen LogP contribution < -0.4 is 19.5 Å². The van der Waals surface area contributed by atoms with Gasteiger partial charge in [-0.05, 0) is 43.8 Å². The Bertz CT molecular complexity index is 947. The van der Waals surface area contributed by atoms with E-state index >= 15 is 0 Å². The molecule has 8 nitrogen and oxygen atoms in total. The van der Waals surface area contributed by atoms with Gasteiger partial charge in [-0.1, -0.05) is 24.3 Å². The van der Waals surface area contributed by atoms with Crippen molar-refractivity contribution in [3.8, 4) is 11.5 Å². The van der Waals surface area contributed by atoms with E-state index in [2.05, 4.69) is 10.0 Å². The Balaban J connectivity index is 1.54. The van der Waals surface area contributed by atoms with Gasteiger partial charge in [0, 0.05) is 13.1 Å². The van der Waals surface area contributed by atoms with Gasteiger partial charge in [0.05, 0.1) is 11.4 Å². The molecule has 3 rings (SSSR count). The summed E-state index contributed by atoms with van der Waals surface area (Å²) in [6, 6.07) is 13.6. The number of likely N-dealkylation sites (N-methyl/N-ethyl adjacent to an activating group) is 1. The molecular formula is C20H25N3O5S. The fourth-order valence-corrected chi connectivity index (χ4v) is 3.68. The van der Waals surface area contributed by atoms with Crippen molar-refractivity contribution in [3.05, 3.63) is 54.1 Å². The number of sulfonamides is 1. The van der Waals surface area contributed by atoms with Crippen molar-refractivity contribution in [2.75, 3.05) is 26.7 Å². The monoisotopic (exact) mass is 419 g/mol. The molecule has 0 saturated carbocycles. The molecular weight excluding hydrogens is 394 g/mol. The second-order valence-electron chi connectivity index (χ2n) is 6.55. The molecule has 1 aliphatic rings. The van der Waals surface area contributed by atoms with Gasteiger partial charge in [0.25, 0.3) is 0 Å². The maximum Gasteiger partial charge on any atom is 0.317 e. The first-order valence-corrected chi connectivity index (χ1v) is 10.8. The zero-order valence-corrected chi connectivity index (χ0v) is 17.2. The van der Waals surface area contributed by atoms with Gasteiger partial charge in [0.15, 0.2) is 17.6 Å². The largest absolute Gasteiger partial charge is 0.486 e. The molecule has 0 aromatic heterocycles. The highest BCUT2D eigenvalue weighted by Gasteiger charge is 2.24. The number of amides is 2. The minimum absolute atomic E-state index is 0.181. The number of hydrogen-bond donors (Lipinski definition) is 2. The average Bonchev–Trinajstić information content (AvgIpc) is 2.76. The first-order valence-electron chi connectivity index (χ1n) is 9.36. The van der Waals surface area contributed by atoms with Crippen LogP contribution in [0.2, 0.25) is 0 Å². The summed E-state index contributed by atoms with van der Waals surface area (Å²) in [5.74, 6) is 1.39. The van der Waals surface area contributed by atoms with Crippen molar-refractivity contribution < 1.29 is 22.7 Å². The normalized spacial score (nSPS) is 15.6. The van der Waals surface area contributed by atoms with Crippen LogP contribution in [0.5, 0.6) is 11.5 Å². The Morgan fingerprint density at radius 1 is 1.14 bits per heavy atom. The minimum atomic E-state index is -3.47. The van der Waals surface area contributed by atoms with Gasteiger partial charge >= 0.3 is 6.03 Å². The van der Waals surface area contributed by atoms with Gasteiger partial charge in [0.2, 0.25) is 10.0 Å². The molecule has 2 aromatic rings. The summed E-state index contributed by atoms with van der Waals surface area (Å²) >= 11 is 0. The lowest BCUT2D eigenvalue weighted by Crippen LogP contribution is -2.47. The fraction of sp³-hybridized carbons (Fsp3) is 0.350. The van der Waals surface area contributed by atoms with Crippen LogP contribution in [-0.2, 0) is 16.6 Å². The molecule has 0 bridgehead atoms. The molecule has 0 saturated heterocycles. The molecule has 0 unspecified atom stereocenters. The van der Waals surface area contributed by atoms with Crippen molar-refractivity contribution in [2.45, 2.75) is 24.5 Å². The highest BCUT2D eigenvalue weighted by atomic mass is 32.2. The predicted octanol–water partition coefficient (Wildman–Crippen LogP) is 1.97. The van der Waals surface area contributed by atoms with Gasteiger partial charge in [-0.3, -0.25) is 0 Å². The van der Waals surface area contributed by atoms with Crippen LogP contribution in [0.3, 0.4) is 0 Å². The summed E-state index contributed by atoms with van der Waals surface area (Å²) in [7, 11) is -2.11. The van der Waals surface area contributed by atoms with E-state index < -0.39 is 10.0 Å². The van der Waals surface area contributed by atoms with Crippen molar-refractivity contribution in [1.82, 2.24) is 14.9 Å². The lowest BCUT2D eigenvalue weighted by molar-refractivity contribution is 0.0675.